The predicted molar refractivity (Wildman–Crippen MR) is 127 cm³/mol. The number of rotatable bonds is 7. The lowest BCUT2D eigenvalue weighted by Crippen LogP contribution is -2.61. The molecule has 3 heterocycles. The van der Waals surface area contributed by atoms with E-state index in [1.54, 1.807) is 0 Å². The molecule has 0 N–H and O–H groups in total. The lowest BCUT2D eigenvalue weighted by atomic mass is 9.71. The van der Waals surface area contributed by atoms with E-state index in [4.69, 9.17) is 23.2 Å². The second-order valence-corrected chi connectivity index (χ2v) is 11.3. The van der Waals surface area contributed by atoms with Crippen LogP contribution in [0.1, 0.15) is 50.5 Å². The van der Waals surface area contributed by atoms with Crippen molar-refractivity contribution < 1.29 is 9.18 Å². The van der Waals surface area contributed by atoms with Gasteiger partial charge in [0.1, 0.15) is 6.17 Å². The summed E-state index contributed by atoms with van der Waals surface area (Å²) < 4.78 is 13.5. The Balaban J connectivity index is 1.25. The summed E-state index contributed by atoms with van der Waals surface area (Å²) in [5, 5.41) is 1.17. The van der Waals surface area contributed by atoms with Crippen molar-refractivity contribution in [1.82, 2.24) is 14.7 Å². The number of nitrogens with zero attached hydrogens (tertiary/aromatic N) is 3. The molecular formula is C25H34Cl2FN3O. The Hall–Kier alpha value is -0.880. The van der Waals surface area contributed by atoms with Gasteiger partial charge in [0.05, 0.1) is 10.0 Å². The monoisotopic (exact) mass is 481 g/mol. The number of hydrogen-bond donors (Lipinski definition) is 0. The number of hydrogen-bond acceptors (Lipinski definition) is 3. The number of carbonyl (C=O) groups excluding carboxylic acids is 1. The van der Waals surface area contributed by atoms with Crippen molar-refractivity contribution in [2.24, 2.45) is 5.92 Å². The predicted octanol–water partition coefficient (Wildman–Crippen LogP) is 4.77. The standard InChI is InChI=1S/C25H34Cl2FN3O/c26-22-4-3-19(13-23(22)27)25(8-5-24(32)31(17-25)14-18-1-2-18)9-12-29-15-21(16-29)30-10-6-20(28)7-11-30/h3-4,13,18,20-21H,1-2,5-12,14-17H2. The van der Waals surface area contributed by atoms with Gasteiger partial charge in [-0.1, -0.05) is 29.3 Å². The molecule has 1 aromatic rings. The summed E-state index contributed by atoms with van der Waals surface area (Å²) in [4.78, 5) is 19.8. The summed E-state index contributed by atoms with van der Waals surface area (Å²) in [7, 11) is 0. The van der Waals surface area contributed by atoms with E-state index in [0.717, 1.165) is 58.7 Å². The van der Waals surface area contributed by atoms with Gasteiger partial charge in [0.25, 0.3) is 0 Å². The van der Waals surface area contributed by atoms with Crippen molar-refractivity contribution in [3.8, 4) is 0 Å². The molecule has 1 aromatic carbocycles. The molecule has 3 aliphatic heterocycles. The molecule has 0 aromatic heterocycles. The largest absolute Gasteiger partial charge is 0.342 e. The number of carbonyl (C=O) groups is 1. The Morgan fingerprint density at radius 2 is 1.81 bits per heavy atom. The highest BCUT2D eigenvalue weighted by Crippen LogP contribution is 2.42. The molecule has 0 spiro atoms. The first-order chi connectivity index (χ1) is 15.4. The molecule has 1 unspecified atom stereocenters. The van der Waals surface area contributed by atoms with E-state index in [2.05, 4.69) is 20.8 Å². The third-order valence-corrected chi connectivity index (χ3v) is 8.93. The highest BCUT2D eigenvalue weighted by atomic mass is 35.5. The summed E-state index contributed by atoms with van der Waals surface area (Å²) in [6.45, 7) is 6.62. The first-order valence-corrected chi connectivity index (χ1v) is 13.0. The van der Waals surface area contributed by atoms with Gasteiger partial charge in [-0.15, -0.1) is 0 Å². The number of benzene rings is 1. The number of piperidine rings is 2. The quantitative estimate of drug-likeness (QED) is 0.560. The minimum Gasteiger partial charge on any atom is -0.342 e. The smallest absolute Gasteiger partial charge is 0.222 e. The first kappa shape index (κ1) is 22.9. The number of halogens is 3. The van der Waals surface area contributed by atoms with Crippen molar-refractivity contribution in [2.45, 2.75) is 62.6 Å². The zero-order valence-electron chi connectivity index (χ0n) is 18.7. The van der Waals surface area contributed by atoms with Crippen LogP contribution in [0.5, 0.6) is 0 Å². The van der Waals surface area contributed by atoms with Crippen LogP contribution in [0.15, 0.2) is 18.2 Å². The van der Waals surface area contributed by atoms with E-state index in [-0.39, 0.29) is 5.41 Å². The van der Waals surface area contributed by atoms with Gasteiger partial charge in [-0.05, 0) is 68.7 Å². The zero-order valence-corrected chi connectivity index (χ0v) is 20.3. The van der Waals surface area contributed by atoms with Crippen molar-refractivity contribution in [1.29, 1.82) is 0 Å². The average Bonchev–Trinajstić information content (AvgIpc) is 3.56. The molecule has 32 heavy (non-hydrogen) atoms. The van der Waals surface area contributed by atoms with Crippen molar-refractivity contribution in [2.75, 3.05) is 45.8 Å². The van der Waals surface area contributed by atoms with E-state index in [9.17, 15) is 9.18 Å². The lowest BCUT2D eigenvalue weighted by molar-refractivity contribution is -0.136. The Kier molecular flexibility index (Phi) is 6.73. The van der Waals surface area contributed by atoms with Crippen LogP contribution in [0.3, 0.4) is 0 Å². The number of amides is 1. The van der Waals surface area contributed by atoms with Gasteiger partial charge >= 0.3 is 0 Å². The zero-order chi connectivity index (χ0) is 22.3. The Morgan fingerprint density at radius 1 is 1.06 bits per heavy atom. The SMILES string of the molecule is O=C1CCC(CCN2CC(N3CCC(F)CC3)C2)(c2ccc(Cl)c(Cl)c2)CN1CC1CC1. The van der Waals surface area contributed by atoms with Crippen molar-refractivity contribution in [3.05, 3.63) is 33.8 Å². The number of alkyl halides is 1. The lowest BCUT2D eigenvalue weighted by Gasteiger charge is -2.49. The molecule has 3 saturated heterocycles. The van der Waals surface area contributed by atoms with E-state index < -0.39 is 6.17 Å². The third kappa shape index (κ3) is 4.96. The van der Waals surface area contributed by atoms with Crippen molar-refractivity contribution >= 4 is 29.1 Å². The average molecular weight is 482 g/mol. The summed E-state index contributed by atoms with van der Waals surface area (Å²) in [6, 6.07) is 6.60. The van der Waals surface area contributed by atoms with Gasteiger partial charge in [0.2, 0.25) is 5.91 Å². The Bertz CT molecular complexity index is 836. The minimum absolute atomic E-state index is 0.0747. The topological polar surface area (TPSA) is 26.8 Å². The van der Waals surface area contributed by atoms with Crippen LogP contribution in [0, 0.1) is 5.92 Å². The van der Waals surface area contributed by atoms with Gasteiger partial charge in [-0.25, -0.2) is 4.39 Å². The molecule has 1 saturated carbocycles. The molecule has 4 fully saturated rings. The second-order valence-electron chi connectivity index (χ2n) is 10.5. The molecule has 4 nitrogen and oxygen atoms in total. The highest BCUT2D eigenvalue weighted by molar-refractivity contribution is 6.42. The molecule has 176 valence electrons. The fourth-order valence-corrected chi connectivity index (χ4v) is 6.08. The molecular weight excluding hydrogens is 448 g/mol. The summed E-state index contributed by atoms with van der Waals surface area (Å²) >= 11 is 12.6. The molecule has 1 atom stereocenters. The van der Waals surface area contributed by atoms with Gasteiger partial charge in [-0.3, -0.25) is 9.69 Å². The van der Waals surface area contributed by atoms with Crippen LogP contribution in [0.4, 0.5) is 4.39 Å². The molecule has 0 bridgehead atoms. The van der Waals surface area contributed by atoms with Gasteiger partial charge in [0.15, 0.2) is 0 Å². The fourth-order valence-electron chi connectivity index (χ4n) is 5.79. The number of likely N-dealkylation sites (tertiary alicyclic amines) is 3. The van der Waals surface area contributed by atoms with E-state index in [0.29, 0.717) is 47.2 Å². The molecule has 5 rings (SSSR count). The molecule has 0 radical (unpaired) electrons. The van der Waals surface area contributed by atoms with Gasteiger partial charge < -0.3 is 9.80 Å². The normalized spacial score (nSPS) is 28.8. The maximum absolute atomic E-state index is 13.5. The van der Waals surface area contributed by atoms with Crippen LogP contribution in [-0.2, 0) is 10.2 Å². The van der Waals surface area contributed by atoms with Gasteiger partial charge in [0, 0.05) is 57.1 Å². The maximum atomic E-state index is 13.5. The molecule has 1 amide bonds. The fraction of sp³-hybridized carbons (Fsp3) is 0.720. The van der Waals surface area contributed by atoms with Crippen LogP contribution < -0.4 is 0 Å². The van der Waals surface area contributed by atoms with Crippen LogP contribution in [-0.4, -0.2) is 78.6 Å². The maximum Gasteiger partial charge on any atom is 0.222 e. The molecule has 1 aliphatic carbocycles. The third-order valence-electron chi connectivity index (χ3n) is 8.19. The van der Waals surface area contributed by atoms with E-state index in [1.165, 1.54) is 18.4 Å². The summed E-state index contributed by atoms with van der Waals surface area (Å²) in [5.74, 6) is 0.987. The second kappa shape index (κ2) is 9.40. The summed E-state index contributed by atoms with van der Waals surface area (Å²) in [5.41, 5.74) is 1.14. The van der Waals surface area contributed by atoms with E-state index >= 15 is 0 Å². The molecule has 7 heteroatoms. The van der Waals surface area contributed by atoms with Crippen LogP contribution in [0.25, 0.3) is 0 Å². The molecule has 4 aliphatic rings. The first-order valence-electron chi connectivity index (χ1n) is 12.3. The van der Waals surface area contributed by atoms with Crippen molar-refractivity contribution in [3.63, 3.8) is 0 Å². The van der Waals surface area contributed by atoms with Crippen LogP contribution in [0.2, 0.25) is 10.0 Å². The van der Waals surface area contributed by atoms with E-state index in [1.807, 2.05) is 12.1 Å². The minimum atomic E-state index is -0.610. The van der Waals surface area contributed by atoms with Gasteiger partial charge in [-0.2, -0.15) is 0 Å². The Labute approximate surface area is 201 Å². The van der Waals surface area contributed by atoms with Crippen LogP contribution >= 0.6 is 23.2 Å². The Morgan fingerprint density at radius 3 is 2.50 bits per heavy atom. The summed E-state index contributed by atoms with van der Waals surface area (Å²) in [6.07, 6.45) is 5.74. The highest BCUT2D eigenvalue weighted by Gasteiger charge is 2.43.